The third-order valence-corrected chi connectivity index (χ3v) is 8.81. The van der Waals surface area contributed by atoms with E-state index in [1.165, 1.54) is 38.5 Å². The zero-order valence-electron chi connectivity index (χ0n) is 27.3. The lowest BCUT2D eigenvalue weighted by Crippen LogP contribution is -2.29. The van der Waals surface area contributed by atoms with Crippen molar-refractivity contribution in [2.75, 3.05) is 6.54 Å². The first-order chi connectivity index (χ1) is 21.9. The van der Waals surface area contributed by atoms with E-state index in [4.69, 9.17) is 25.5 Å². The molecule has 11 nitrogen and oxygen atoms in total. The van der Waals surface area contributed by atoms with Gasteiger partial charge in [0.1, 0.15) is 6.04 Å². The van der Waals surface area contributed by atoms with Crippen LogP contribution in [0.15, 0.2) is 24.3 Å². The van der Waals surface area contributed by atoms with Crippen LogP contribution in [0, 0.1) is 24.7 Å². The molecule has 0 amide bonds. The minimum Gasteiger partial charge on any atom is -0.481 e. The van der Waals surface area contributed by atoms with Gasteiger partial charge in [-0.1, -0.05) is 81.9 Å². The number of hydrogen-bond donors (Lipinski definition) is 6. The molecule has 0 spiro atoms. The summed E-state index contributed by atoms with van der Waals surface area (Å²) in [6.07, 6.45) is 18.8. The van der Waals surface area contributed by atoms with Gasteiger partial charge >= 0.3 is 29.8 Å². The standard InChI is InChI=1S/C9H16O2.C8H8O2.C7H12O2.C6H10O2.C5H9NO2/c10-9(11)7-6-8-4-2-1-3-5-8;1-6-2-4-7(5-3-6)8(9)10;8-7(9)6-4-2-1-3-5-6;7-6(8)5-3-1-2-4-5;7-5(8)4-2-1-3-6-4/h8H,1-7H2,(H,10,11);2-5H,1H3,(H,9,10);6H,1-5H2,(H,8,9);5H,1-4H2,(H,7,8);4,6H,1-3H2,(H,7,8). The summed E-state index contributed by atoms with van der Waals surface area (Å²) in [6.45, 7) is 2.78. The van der Waals surface area contributed by atoms with Crippen molar-refractivity contribution < 1.29 is 49.5 Å². The van der Waals surface area contributed by atoms with E-state index in [1.807, 2.05) is 6.92 Å². The van der Waals surface area contributed by atoms with Gasteiger partial charge in [0.2, 0.25) is 0 Å². The fourth-order valence-corrected chi connectivity index (χ4v) is 5.92. The lowest BCUT2D eigenvalue weighted by atomic mass is 9.86. The summed E-state index contributed by atoms with van der Waals surface area (Å²) in [7, 11) is 0. The molecule has 0 radical (unpaired) electrons. The van der Waals surface area contributed by atoms with Crippen molar-refractivity contribution >= 4 is 29.8 Å². The van der Waals surface area contributed by atoms with Gasteiger partial charge in [0, 0.05) is 6.42 Å². The van der Waals surface area contributed by atoms with E-state index in [-0.39, 0.29) is 17.9 Å². The molecule has 4 aliphatic rings. The first kappa shape index (κ1) is 40.6. The van der Waals surface area contributed by atoms with E-state index < -0.39 is 29.8 Å². The molecule has 5 rings (SSSR count). The Labute approximate surface area is 272 Å². The maximum absolute atomic E-state index is 10.4. The van der Waals surface area contributed by atoms with E-state index >= 15 is 0 Å². The number of carboxylic acids is 5. The number of rotatable bonds is 7. The van der Waals surface area contributed by atoms with Crippen molar-refractivity contribution in [2.24, 2.45) is 17.8 Å². The number of nitrogens with one attached hydrogen (secondary N) is 1. The zero-order chi connectivity index (χ0) is 34.3. The van der Waals surface area contributed by atoms with Crippen LogP contribution in [0.2, 0.25) is 0 Å². The summed E-state index contributed by atoms with van der Waals surface area (Å²) in [5.74, 6) is -2.79. The molecule has 1 aliphatic heterocycles. The average Bonchev–Trinajstić information content (AvgIpc) is 3.79. The van der Waals surface area contributed by atoms with Gasteiger partial charge in [-0.15, -0.1) is 0 Å². The minimum absolute atomic E-state index is 0.0185. The van der Waals surface area contributed by atoms with E-state index in [2.05, 4.69) is 5.32 Å². The smallest absolute Gasteiger partial charge is 0.335 e. The molecule has 3 aliphatic carbocycles. The Morgan fingerprint density at radius 1 is 0.609 bits per heavy atom. The highest BCUT2D eigenvalue weighted by molar-refractivity contribution is 5.87. The topological polar surface area (TPSA) is 199 Å². The van der Waals surface area contributed by atoms with Crippen molar-refractivity contribution in [3.8, 4) is 0 Å². The van der Waals surface area contributed by atoms with Crippen LogP contribution in [0.1, 0.15) is 131 Å². The van der Waals surface area contributed by atoms with Crippen LogP contribution >= 0.6 is 0 Å². The van der Waals surface area contributed by atoms with Crippen molar-refractivity contribution in [1.82, 2.24) is 5.32 Å². The first-order valence-electron chi connectivity index (χ1n) is 16.8. The van der Waals surface area contributed by atoms with Crippen LogP contribution in [-0.4, -0.2) is 68.0 Å². The van der Waals surface area contributed by atoms with Gasteiger partial charge in [0.25, 0.3) is 0 Å². The number of carbonyl (C=O) groups is 5. The molecule has 1 heterocycles. The second-order valence-corrected chi connectivity index (χ2v) is 12.6. The predicted octanol–water partition coefficient (Wildman–Crippen LogP) is 6.86. The minimum atomic E-state index is -0.875. The fraction of sp³-hybridized carbons (Fsp3) is 0.686. The largest absolute Gasteiger partial charge is 0.481 e. The van der Waals surface area contributed by atoms with Gasteiger partial charge in [-0.25, -0.2) is 4.79 Å². The molecule has 46 heavy (non-hydrogen) atoms. The molecular formula is C35H55NO10. The average molecular weight is 650 g/mol. The third-order valence-electron chi connectivity index (χ3n) is 8.81. The number of hydrogen-bond acceptors (Lipinski definition) is 6. The molecule has 11 heteroatoms. The van der Waals surface area contributed by atoms with Crippen LogP contribution in [0.25, 0.3) is 0 Å². The predicted molar refractivity (Wildman–Crippen MR) is 174 cm³/mol. The Hall–Kier alpha value is -3.47. The summed E-state index contributed by atoms with van der Waals surface area (Å²) in [5, 5.41) is 45.1. The monoisotopic (exact) mass is 649 g/mol. The summed E-state index contributed by atoms with van der Waals surface area (Å²) in [6, 6.07) is 6.48. The lowest BCUT2D eigenvalue weighted by molar-refractivity contribution is -0.143. The number of aliphatic carboxylic acids is 4. The van der Waals surface area contributed by atoms with E-state index in [1.54, 1.807) is 24.3 Å². The van der Waals surface area contributed by atoms with Crippen LogP contribution in [0.5, 0.6) is 0 Å². The highest BCUT2D eigenvalue weighted by Crippen LogP contribution is 2.27. The normalized spacial score (nSPS) is 19.7. The first-order valence-corrected chi connectivity index (χ1v) is 16.8. The SMILES string of the molecule is Cc1ccc(C(=O)O)cc1.O=C(O)C1CCCC1.O=C(O)C1CCCCC1.O=C(O)C1CCCN1.O=C(O)CCC1CCCCC1. The van der Waals surface area contributed by atoms with E-state index in [0.717, 1.165) is 82.7 Å². The maximum Gasteiger partial charge on any atom is 0.335 e. The molecule has 1 aromatic carbocycles. The second-order valence-electron chi connectivity index (χ2n) is 12.6. The zero-order valence-corrected chi connectivity index (χ0v) is 27.3. The fourth-order valence-electron chi connectivity index (χ4n) is 5.92. The molecule has 1 atom stereocenters. The molecule has 4 fully saturated rings. The number of benzene rings is 1. The van der Waals surface area contributed by atoms with Crippen molar-refractivity contribution in [3.63, 3.8) is 0 Å². The Bertz CT molecular complexity index is 1010. The van der Waals surface area contributed by atoms with Crippen molar-refractivity contribution in [1.29, 1.82) is 0 Å². The van der Waals surface area contributed by atoms with Gasteiger partial charge in [0.15, 0.2) is 0 Å². The number of aryl methyl sites for hydroxylation is 1. The number of carboxylic acid groups (broad SMARTS) is 5. The summed E-state index contributed by atoms with van der Waals surface area (Å²) >= 11 is 0. The van der Waals surface area contributed by atoms with Gasteiger partial charge in [-0.2, -0.15) is 0 Å². The highest BCUT2D eigenvalue weighted by Gasteiger charge is 2.22. The molecule has 0 aromatic heterocycles. The molecule has 6 N–H and O–H groups in total. The van der Waals surface area contributed by atoms with Crippen LogP contribution in [-0.2, 0) is 19.2 Å². The Morgan fingerprint density at radius 3 is 1.39 bits per heavy atom. The Balaban J connectivity index is 0.000000289. The van der Waals surface area contributed by atoms with Gasteiger partial charge in [-0.3, -0.25) is 19.2 Å². The molecule has 0 bridgehead atoms. The lowest BCUT2D eigenvalue weighted by Gasteiger charge is -2.20. The van der Waals surface area contributed by atoms with E-state index in [9.17, 15) is 24.0 Å². The van der Waals surface area contributed by atoms with Gasteiger partial charge < -0.3 is 30.8 Å². The van der Waals surface area contributed by atoms with Gasteiger partial charge in [0.05, 0.1) is 17.4 Å². The molecule has 260 valence electrons. The Morgan fingerprint density at radius 2 is 1.07 bits per heavy atom. The van der Waals surface area contributed by atoms with Crippen molar-refractivity contribution in [2.45, 2.75) is 129 Å². The summed E-state index contributed by atoms with van der Waals surface area (Å²) in [5.41, 5.74) is 1.41. The van der Waals surface area contributed by atoms with Crippen molar-refractivity contribution in [3.05, 3.63) is 35.4 Å². The second kappa shape index (κ2) is 23.8. The molecule has 1 aromatic rings. The van der Waals surface area contributed by atoms with Gasteiger partial charge in [-0.05, 0) is 76.5 Å². The van der Waals surface area contributed by atoms with Crippen LogP contribution < -0.4 is 5.32 Å². The Kier molecular flexibility index (Phi) is 21.0. The number of aromatic carboxylic acids is 1. The molecule has 1 saturated heterocycles. The molecular weight excluding hydrogens is 594 g/mol. The maximum atomic E-state index is 10.4. The third kappa shape index (κ3) is 19.1. The quantitative estimate of drug-likeness (QED) is 0.180. The van der Waals surface area contributed by atoms with Crippen LogP contribution in [0.4, 0.5) is 0 Å². The highest BCUT2D eigenvalue weighted by atomic mass is 16.4. The van der Waals surface area contributed by atoms with E-state index in [0.29, 0.717) is 17.9 Å². The summed E-state index contributed by atoms with van der Waals surface area (Å²) < 4.78 is 0. The van der Waals surface area contributed by atoms with Crippen LogP contribution in [0.3, 0.4) is 0 Å². The molecule has 1 unspecified atom stereocenters. The molecule has 3 saturated carbocycles. The summed E-state index contributed by atoms with van der Waals surface area (Å²) in [4.78, 5) is 51.2.